The molecular formula is C16H24ClNO2. The summed E-state index contributed by atoms with van der Waals surface area (Å²) in [7, 11) is 0. The van der Waals surface area contributed by atoms with E-state index >= 15 is 0 Å². The van der Waals surface area contributed by atoms with Gasteiger partial charge in [0.15, 0.2) is 0 Å². The van der Waals surface area contributed by atoms with Crippen molar-refractivity contribution in [1.29, 1.82) is 0 Å². The second-order valence-electron chi connectivity index (χ2n) is 5.20. The Labute approximate surface area is 126 Å². The van der Waals surface area contributed by atoms with Crippen molar-refractivity contribution in [3.63, 3.8) is 0 Å². The largest absolute Gasteiger partial charge is 0.381 e. The van der Waals surface area contributed by atoms with Crippen LogP contribution in [0.2, 0.25) is 5.02 Å². The highest BCUT2D eigenvalue weighted by Crippen LogP contribution is 2.24. The van der Waals surface area contributed by atoms with Crippen LogP contribution in [0.5, 0.6) is 0 Å². The summed E-state index contributed by atoms with van der Waals surface area (Å²) in [4.78, 5) is 0. The fraction of sp³-hybridized carbons (Fsp3) is 0.625. The van der Waals surface area contributed by atoms with Crippen molar-refractivity contribution in [2.45, 2.75) is 38.4 Å². The Morgan fingerprint density at radius 3 is 2.90 bits per heavy atom. The van der Waals surface area contributed by atoms with Gasteiger partial charge in [-0.25, -0.2) is 0 Å². The van der Waals surface area contributed by atoms with Crippen LogP contribution in [0.25, 0.3) is 0 Å². The van der Waals surface area contributed by atoms with Gasteiger partial charge in [0.2, 0.25) is 0 Å². The molecule has 0 aromatic heterocycles. The van der Waals surface area contributed by atoms with Crippen LogP contribution in [0, 0.1) is 0 Å². The number of halogens is 1. The topological polar surface area (TPSA) is 30.5 Å². The predicted molar refractivity (Wildman–Crippen MR) is 82.3 cm³/mol. The van der Waals surface area contributed by atoms with Crippen molar-refractivity contribution >= 4 is 11.6 Å². The fourth-order valence-corrected chi connectivity index (χ4v) is 2.60. The molecular weight excluding hydrogens is 274 g/mol. The summed E-state index contributed by atoms with van der Waals surface area (Å²) in [6.45, 7) is 5.60. The third-order valence-electron chi connectivity index (χ3n) is 3.50. The first kappa shape index (κ1) is 15.8. The molecule has 0 amide bonds. The van der Waals surface area contributed by atoms with Gasteiger partial charge in [0.25, 0.3) is 0 Å². The van der Waals surface area contributed by atoms with Crippen LogP contribution < -0.4 is 5.32 Å². The molecule has 0 saturated carbocycles. The Bertz CT molecular complexity index is 394. The molecule has 20 heavy (non-hydrogen) atoms. The molecule has 1 aromatic rings. The molecule has 1 heterocycles. The van der Waals surface area contributed by atoms with Crippen molar-refractivity contribution < 1.29 is 9.47 Å². The first-order chi connectivity index (χ1) is 9.79. The highest BCUT2D eigenvalue weighted by Gasteiger charge is 2.20. The zero-order valence-electron chi connectivity index (χ0n) is 12.1. The van der Waals surface area contributed by atoms with E-state index in [1.807, 2.05) is 18.2 Å². The van der Waals surface area contributed by atoms with Crippen molar-refractivity contribution in [2.24, 2.45) is 0 Å². The molecule has 4 heteroatoms. The van der Waals surface area contributed by atoms with Gasteiger partial charge in [-0.15, -0.1) is 0 Å². The minimum Gasteiger partial charge on any atom is -0.381 e. The van der Waals surface area contributed by atoms with Gasteiger partial charge in [-0.2, -0.15) is 0 Å². The minimum absolute atomic E-state index is 0.0587. The van der Waals surface area contributed by atoms with Crippen LogP contribution in [0.15, 0.2) is 24.3 Å². The van der Waals surface area contributed by atoms with E-state index in [4.69, 9.17) is 21.1 Å². The van der Waals surface area contributed by atoms with Gasteiger partial charge in [0.05, 0.1) is 12.2 Å². The number of rotatable bonds is 7. The van der Waals surface area contributed by atoms with Gasteiger partial charge >= 0.3 is 0 Å². The summed E-state index contributed by atoms with van der Waals surface area (Å²) in [6, 6.07) is 7.97. The third-order valence-corrected chi connectivity index (χ3v) is 3.74. The molecule has 0 radical (unpaired) electrons. The van der Waals surface area contributed by atoms with E-state index in [9.17, 15) is 0 Å². The second-order valence-corrected chi connectivity index (χ2v) is 5.63. The van der Waals surface area contributed by atoms with E-state index in [-0.39, 0.29) is 12.2 Å². The van der Waals surface area contributed by atoms with E-state index in [1.54, 1.807) is 0 Å². The Kier molecular flexibility index (Phi) is 6.80. The molecule has 1 aliphatic heterocycles. The van der Waals surface area contributed by atoms with Crippen molar-refractivity contribution in [1.82, 2.24) is 5.32 Å². The van der Waals surface area contributed by atoms with E-state index < -0.39 is 0 Å². The van der Waals surface area contributed by atoms with Gasteiger partial charge in [-0.1, -0.05) is 30.7 Å². The van der Waals surface area contributed by atoms with E-state index in [0.29, 0.717) is 0 Å². The third kappa shape index (κ3) is 5.06. The Morgan fingerprint density at radius 2 is 2.20 bits per heavy atom. The van der Waals surface area contributed by atoms with Crippen LogP contribution in [-0.2, 0) is 9.47 Å². The lowest BCUT2D eigenvalue weighted by Gasteiger charge is -2.28. The summed E-state index contributed by atoms with van der Waals surface area (Å²) < 4.78 is 11.7. The van der Waals surface area contributed by atoms with Crippen LogP contribution in [0.1, 0.15) is 37.9 Å². The highest BCUT2D eigenvalue weighted by molar-refractivity contribution is 6.30. The summed E-state index contributed by atoms with van der Waals surface area (Å²) in [6.07, 6.45) is 3.43. The molecule has 1 atom stereocenters. The fourth-order valence-electron chi connectivity index (χ4n) is 2.41. The maximum Gasteiger partial charge on any atom is 0.0953 e. The maximum atomic E-state index is 6.28. The van der Waals surface area contributed by atoms with Crippen molar-refractivity contribution in [2.75, 3.05) is 26.3 Å². The molecule has 1 fully saturated rings. The molecule has 1 aromatic carbocycles. The van der Waals surface area contributed by atoms with E-state index in [2.05, 4.69) is 18.3 Å². The summed E-state index contributed by atoms with van der Waals surface area (Å²) in [5, 5.41) is 4.21. The molecule has 1 unspecified atom stereocenters. The van der Waals surface area contributed by atoms with Gasteiger partial charge < -0.3 is 14.8 Å². The molecule has 0 bridgehead atoms. The molecule has 3 nitrogen and oxygen atoms in total. The SMILES string of the molecule is CCCNCC(OC1CCOCC1)c1cccc(Cl)c1. The summed E-state index contributed by atoms with van der Waals surface area (Å²) in [5.41, 5.74) is 1.15. The van der Waals surface area contributed by atoms with E-state index in [1.165, 1.54) is 0 Å². The number of hydrogen-bond acceptors (Lipinski definition) is 3. The van der Waals surface area contributed by atoms with Crippen molar-refractivity contribution in [3.05, 3.63) is 34.9 Å². The lowest BCUT2D eigenvalue weighted by atomic mass is 10.1. The molecule has 1 saturated heterocycles. The minimum atomic E-state index is 0.0587. The monoisotopic (exact) mass is 297 g/mol. The van der Waals surface area contributed by atoms with Crippen LogP contribution in [-0.4, -0.2) is 32.4 Å². The Morgan fingerprint density at radius 1 is 1.40 bits per heavy atom. The van der Waals surface area contributed by atoms with Gasteiger partial charge in [0.1, 0.15) is 0 Å². The smallest absolute Gasteiger partial charge is 0.0953 e. The lowest BCUT2D eigenvalue weighted by Crippen LogP contribution is -2.30. The zero-order valence-corrected chi connectivity index (χ0v) is 12.9. The van der Waals surface area contributed by atoms with Crippen LogP contribution >= 0.6 is 11.6 Å². The first-order valence-corrected chi connectivity index (χ1v) is 7.86. The maximum absolute atomic E-state index is 6.28. The second kappa shape index (κ2) is 8.63. The summed E-state index contributed by atoms with van der Waals surface area (Å²) in [5.74, 6) is 0. The van der Waals surface area contributed by atoms with Crippen LogP contribution in [0.4, 0.5) is 0 Å². The first-order valence-electron chi connectivity index (χ1n) is 7.49. The predicted octanol–water partition coefficient (Wildman–Crippen LogP) is 3.58. The number of nitrogens with one attached hydrogen (secondary N) is 1. The molecule has 1 aliphatic rings. The Hall–Kier alpha value is -0.610. The normalized spacial score (nSPS) is 18.1. The average Bonchev–Trinajstić information content (AvgIpc) is 2.47. The van der Waals surface area contributed by atoms with Gasteiger partial charge in [-0.05, 0) is 43.5 Å². The van der Waals surface area contributed by atoms with E-state index in [0.717, 1.165) is 56.2 Å². The number of hydrogen-bond donors (Lipinski definition) is 1. The lowest BCUT2D eigenvalue weighted by molar-refractivity contribution is -0.0688. The van der Waals surface area contributed by atoms with Gasteiger partial charge in [-0.3, -0.25) is 0 Å². The standard InChI is InChI=1S/C16H24ClNO2/c1-2-8-18-12-16(13-4-3-5-14(17)11-13)20-15-6-9-19-10-7-15/h3-5,11,15-16,18H,2,6-10,12H2,1H3. The quantitative estimate of drug-likeness (QED) is 0.780. The molecule has 1 N–H and O–H groups in total. The van der Waals surface area contributed by atoms with Gasteiger partial charge in [0, 0.05) is 24.8 Å². The highest BCUT2D eigenvalue weighted by atomic mass is 35.5. The molecule has 0 spiro atoms. The number of ether oxygens (including phenoxy) is 2. The summed E-state index contributed by atoms with van der Waals surface area (Å²) >= 11 is 6.10. The average molecular weight is 298 g/mol. The zero-order chi connectivity index (χ0) is 14.2. The Balaban J connectivity index is 1.99. The molecule has 112 valence electrons. The number of benzene rings is 1. The van der Waals surface area contributed by atoms with Crippen LogP contribution in [0.3, 0.4) is 0 Å². The molecule has 0 aliphatic carbocycles. The van der Waals surface area contributed by atoms with Crippen molar-refractivity contribution in [3.8, 4) is 0 Å². The molecule has 2 rings (SSSR count).